The summed E-state index contributed by atoms with van der Waals surface area (Å²) in [6.45, 7) is 4.66. The third-order valence-corrected chi connectivity index (χ3v) is 4.63. The first-order valence-electron chi connectivity index (χ1n) is 7.79. The topological polar surface area (TPSA) is 54.8 Å². The number of aliphatic hydroxyl groups excluding tert-OH is 1. The highest BCUT2D eigenvalue weighted by molar-refractivity contribution is 7.11. The number of rotatable bonds is 5. The lowest BCUT2D eigenvalue weighted by atomic mass is 10.1. The first-order valence-corrected chi connectivity index (χ1v) is 8.61. The molecule has 0 radical (unpaired) electrons. The second-order valence-corrected chi connectivity index (χ2v) is 7.13. The predicted molar refractivity (Wildman–Crippen MR) is 90.2 cm³/mol. The van der Waals surface area contributed by atoms with Crippen LogP contribution < -0.4 is 9.47 Å². The molecule has 0 bridgehead atoms. The average molecular weight is 334 g/mol. The van der Waals surface area contributed by atoms with Crippen molar-refractivity contribution < 1.29 is 14.6 Å². The van der Waals surface area contributed by atoms with Crippen LogP contribution in [0.4, 0.5) is 0 Å². The molecule has 3 rings (SSSR count). The number of hydrogen-bond acceptors (Lipinski definition) is 6. The fourth-order valence-electron chi connectivity index (χ4n) is 2.60. The molecule has 6 heteroatoms. The van der Waals surface area contributed by atoms with Crippen molar-refractivity contribution in [1.29, 1.82) is 0 Å². The van der Waals surface area contributed by atoms with Crippen LogP contribution in [0.25, 0.3) is 0 Å². The lowest BCUT2D eigenvalue weighted by Crippen LogP contribution is -2.23. The van der Waals surface area contributed by atoms with Gasteiger partial charge in [0.25, 0.3) is 0 Å². The molecule has 0 fully saturated rings. The molecule has 0 unspecified atom stereocenters. The third-order valence-electron chi connectivity index (χ3n) is 3.74. The van der Waals surface area contributed by atoms with E-state index in [1.165, 1.54) is 4.88 Å². The van der Waals surface area contributed by atoms with Crippen molar-refractivity contribution in [3.8, 4) is 11.5 Å². The summed E-state index contributed by atoms with van der Waals surface area (Å²) in [5.74, 6) is 1.48. The SMILES string of the molecule is Cc1ncc(CN(C)C[C@@H](O)c2ccc3c(c2)OCCCO3)s1. The van der Waals surface area contributed by atoms with Crippen molar-refractivity contribution in [2.75, 3.05) is 26.8 Å². The molecule has 0 aliphatic carbocycles. The third kappa shape index (κ3) is 4.22. The predicted octanol–water partition coefficient (Wildman–Crippen LogP) is 2.78. The molecule has 124 valence electrons. The van der Waals surface area contributed by atoms with Gasteiger partial charge in [0.1, 0.15) is 0 Å². The van der Waals surface area contributed by atoms with E-state index in [1.807, 2.05) is 38.4 Å². The zero-order chi connectivity index (χ0) is 16.2. The van der Waals surface area contributed by atoms with Crippen molar-refractivity contribution in [2.45, 2.75) is 26.0 Å². The first-order chi connectivity index (χ1) is 11.1. The standard InChI is InChI=1S/C17H22N2O3S/c1-12-18-9-14(23-12)10-19(2)11-15(20)13-4-5-16-17(8-13)22-7-3-6-21-16/h4-5,8-9,15,20H,3,6-7,10-11H2,1-2H3/t15-/m1/s1. The Hall–Kier alpha value is -1.63. The number of aryl methyl sites for hydroxylation is 1. The van der Waals surface area contributed by atoms with Gasteiger partial charge < -0.3 is 14.6 Å². The minimum Gasteiger partial charge on any atom is -0.490 e. The van der Waals surface area contributed by atoms with Gasteiger partial charge in [-0.05, 0) is 31.7 Å². The number of aromatic nitrogens is 1. The second kappa shape index (κ2) is 7.29. The molecule has 5 nitrogen and oxygen atoms in total. The highest BCUT2D eigenvalue weighted by Gasteiger charge is 2.16. The molecule has 1 aliphatic heterocycles. The van der Waals surface area contributed by atoms with E-state index in [2.05, 4.69) is 9.88 Å². The largest absolute Gasteiger partial charge is 0.490 e. The summed E-state index contributed by atoms with van der Waals surface area (Å²) in [4.78, 5) is 7.57. The van der Waals surface area contributed by atoms with Gasteiger partial charge in [0.2, 0.25) is 0 Å². The Bertz CT molecular complexity index is 659. The maximum atomic E-state index is 10.5. The molecule has 2 aromatic rings. The Morgan fingerprint density at radius 1 is 1.30 bits per heavy atom. The van der Waals surface area contributed by atoms with Crippen molar-refractivity contribution in [1.82, 2.24) is 9.88 Å². The molecule has 0 saturated heterocycles. The summed E-state index contributed by atoms with van der Waals surface area (Å²) in [5, 5.41) is 11.6. The minimum atomic E-state index is -0.564. The van der Waals surface area contributed by atoms with Gasteiger partial charge in [0, 0.05) is 30.6 Å². The Labute approximate surface area is 140 Å². The molecular weight excluding hydrogens is 312 g/mol. The Kier molecular flexibility index (Phi) is 5.15. The smallest absolute Gasteiger partial charge is 0.161 e. The zero-order valence-electron chi connectivity index (χ0n) is 13.5. The zero-order valence-corrected chi connectivity index (χ0v) is 14.3. The van der Waals surface area contributed by atoms with Crippen molar-refractivity contribution >= 4 is 11.3 Å². The number of ether oxygens (including phenoxy) is 2. The van der Waals surface area contributed by atoms with Gasteiger partial charge in [0.15, 0.2) is 11.5 Å². The molecule has 1 aromatic heterocycles. The monoisotopic (exact) mass is 334 g/mol. The van der Waals surface area contributed by atoms with E-state index in [0.717, 1.165) is 35.0 Å². The minimum absolute atomic E-state index is 0.552. The lowest BCUT2D eigenvalue weighted by Gasteiger charge is -2.20. The van der Waals surface area contributed by atoms with Crippen molar-refractivity contribution in [3.05, 3.63) is 39.8 Å². The van der Waals surface area contributed by atoms with Gasteiger partial charge in [-0.3, -0.25) is 4.90 Å². The first kappa shape index (κ1) is 16.2. The highest BCUT2D eigenvalue weighted by Crippen LogP contribution is 2.32. The van der Waals surface area contributed by atoms with Crippen molar-refractivity contribution in [2.24, 2.45) is 0 Å². The van der Waals surface area contributed by atoms with E-state index < -0.39 is 6.10 Å². The van der Waals surface area contributed by atoms with E-state index in [4.69, 9.17) is 9.47 Å². The molecule has 1 atom stereocenters. The molecule has 2 heterocycles. The van der Waals surface area contributed by atoms with Crippen LogP contribution in [0.1, 0.15) is 28.0 Å². The molecule has 23 heavy (non-hydrogen) atoms. The summed E-state index contributed by atoms with van der Waals surface area (Å²) in [5.41, 5.74) is 0.849. The number of nitrogens with zero attached hydrogens (tertiary/aromatic N) is 2. The maximum absolute atomic E-state index is 10.5. The number of fused-ring (bicyclic) bond motifs is 1. The van der Waals surface area contributed by atoms with E-state index >= 15 is 0 Å². The summed E-state index contributed by atoms with van der Waals surface area (Å²) in [6.07, 6.45) is 2.21. The van der Waals surface area contributed by atoms with Crippen LogP contribution in [0.15, 0.2) is 24.4 Å². The quantitative estimate of drug-likeness (QED) is 0.911. The van der Waals surface area contributed by atoms with Gasteiger partial charge in [-0.15, -0.1) is 11.3 Å². The summed E-state index contributed by atoms with van der Waals surface area (Å²) >= 11 is 1.69. The normalized spacial score (nSPS) is 15.5. The molecule has 1 aliphatic rings. The van der Waals surface area contributed by atoms with Gasteiger partial charge in [-0.2, -0.15) is 0 Å². The van der Waals surface area contributed by atoms with Crippen LogP contribution in [0, 0.1) is 6.92 Å². The van der Waals surface area contributed by atoms with Crippen LogP contribution in [-0.4, -0.2) is 41.8 Å². The molecule has 1 N–H and O–H groups in total. The van der Waals surface area contributed by atoms with Crippen molar-refractivity contribution in [3.63, 3.8) is 0 Å². The number of benzene rings is 1. The number of hydrogen-bond donors (Lipinski definition) is 1. The van der Waals surface area contributed by atoms with Gasteiger partial charge >= 0.3 is 0 Å². The van der Waals surface area contributed by atoms with Crippen LogP contribution in [0.5, 0.6) is 11.5 Å². The second-order valence-electron chi connectivity index (χ2n) is 5.81. The molecular formula is C17H22N2O3S. The van der Waals surface area contributed by atoms with Crippen LogP contribution in [-0.2, 0) is 6.54 Å². The molecule has 0 spiro atoms. The fraction of sp³-hybridized carbons (Fsp3) is 0.471. The number of thiazole rings is 1. The number of aliphatic hydroxyl groups is 1. The number of likely N-dealkylation sites (N-methyl/N-ethyl adjacent to an activating group) is 1. The van der Waals surface area contributed by atoms with Gasteiger partial charge in [-0.25, -0.2) is 4.98 Å². The molecule has 0 saturated carbocycles. The lowest BCUT2D eigenvalue weighted by molar-refractivity contribution is 0.124. The summed E-state index contributed by atoms with van der Waals surface area (Å²) in [6, 6.07) is 5.67. The highest BCUT2D eigenvalue weighted by atomic mass is 32.1. The van der Waals surface area contributed by atoms with E-state index in [9.17, 15) is 5.11 Å². The van der Waals surface area contributed by atoms with Crippen LogP contribution >= 0.6 is 11.3 Å². The fourth-order valence-corrected chi connectivity index (χ4v) is 3.47. The van der Waals surface area contributed by atoms with Crippen LogP contribution in [0.3, 0.4) is 0 Å². The van der Waals surface area contributed by atoms with Gasteiger partial charge in [-0.1, -0.05) is 6.07 Å². The Balaban J connectivity index is 1.63. The average Bonchev–Trinajstić information content (AvgIpc) is 2.79. The Morgan fingerprint density at radius 3 is 2.83 bits per heavy atom. The molecule has 0 amide bonds. The van der Waals surface area contributed by atoms with Gasteiger partial charge in [0.05, 0.1) is 24.3 Å². The van der Waals surface area contributed by atoms with E-state index in [-0.39, 0.29) is 0 Å². The Morgan fingerprint density at radius 2 is 2.09 bits per heavy atom. The van der Waals surface area contributed by atoms with E-state index in [1.54, 1.807) is 11.3 Å². The summed E-state index contributed by atoms with van der Waals surface area (Å²) in [7, 11) is 2.00. The summed E-state index contributed by atoms with van der Waals surface area (Å²) < 4.78 is 11.3. The maximum Gasteiger partial charge on any atom is 0.161 e. The molecule has 1 aromatic carbocycles. The van der Waals surface area contributed by atoms with Crippen LogP contribution in [0.2, 0.25) is 0 Å². The van der Waals surface area contributed by atoms with E-state index in [0.29, 0.717) is 19.8 Å².